The Bertz CT molecular complexity index is 1940. The Morgan fingerprint density at radius 1 is 0.564 bits per heavy atom. The molecule has 3 aromatic carbocycles. The molecule has 0 unspecified atom stereocenters. The predicted octanol–water partition coefficient (Wildman–Crippen LogP) is 11.2. The van der Waals surface area contributed by atoms with E-state index < -0.39 is 0 Å². The highest BCUT2D eigenvalue weighted by Gasteiger charge is 2.21. The molecule has 7 aromatic rings. The molecule has 7 rings (SSSR count). The molecule has 0 amide bonds. The number of thiophene rings is 4. The van der Waals surface area contributed by atoms with E-state index in [1.54, 1.807) is 11.3 Å². The normalized spacial score (nSPS) is 12.0. The summed E-state index contributed by atoms with van der Waals surface area (Å²) in [7, 11) is 0. The molecule has 0 radical (unpaired) electrons. The second-order valence-corrected chi connectivity index (χ2v) is 14.2. The number of benzene rings is 3. The molecule has 0 aliphatic rings. The van der Waals surface area contributed by atoms with Crippen LogP contribution in [0.4, 0.5) is 0 Å². The number of ether oxygens (including phenoxy) is 3. The molecule has 0 atom stereocenters. The van der Waals surface area contributed by atoms with Gasteiger partial charge in [-0.15, -0.1) is 34.0 Å². The molecule has 4 aromatic heterocycles. The number of fused-ring (bicyclic) bond motifs is 5. The van der Waals surface area contributed by atoms with E-state index in [1.807, 2.05) is 40.9 Å². The van der Waals surface area contributed by atoms with Crippen molar-refractivity contribution in [1.82, 2.24) is 0 Å². The van der Waals surface area contributed by atoms with Gasteiger partial charge in [-0.3, -0.25) is 0 Å². The third-order valence-corrected chi connectivity index (χ3v) is 11.7. The highest BCUT2D eigenvalue weighted by atomic mass is 32.1. The molecule has 0 fully saturated rings. The number of hydrogen-bond acceptors (Lipinski definition) is 7. The van der Waals surface area contributed by atoms with Gasteiger partial charge in [0, 0.05) is 57.0 Å². The molecule has 0 saturated carbocycles. The summed E-state index contributed by atoms with van der Waals surface area (Å²) < 4.78 is 22.5. The maximum Gasteiger partial charge on any atom is 0.174 e. The van der Waals surface area contributed by atoms with Gasteiger partial charge in [0.15, 0.2) is 5.06 Å². The molecule has 7 heteroatoms. The maximum atomic E-state index is 6.39. The van der Waals surface area contributed by atoms with Crippen LogP contribution < -0.4 is 14.2 Å². The van der Waals surface area contributed by atoms with Crippen LogP contribution in [0.2, 0.25) is 0 Å². The summed E-state index contributed by atoms with van der Waals surface area (Å²) >= 11 is 7.31. The summed E-state index contributed by atoms with van der Waals surface area (Å²) in [5.74, 6) is 1.89. The van der Waals surface area contributed by atoms with Crippen LogP contribution in [0.25, 0.3) is 61.6 Å². The zero-order valence-electron chi connectivity index (χ0n) is 22.5. The van der Waals surface area contributed by atoms with Crippen molar-refractivity contribution in [1.29, 1.82) is 0 Å². The first-order valence-corrected chi connectivity index (χ1v) is 16.5. The van der Waals surface area contributed by atoms with Crippen LogP contribution in [-0.2, 0) is 0 Å². The fraction of sp³-hybridized carbons (Fsp3) is 0.250. The molecule has 0 saturated heterocycles. The van der Waals surface area contributed by atoms with Gasteiger partial charge >= 0.3 is 0 Å². The van der Waals surface area contributed by atoms with Gasteiger partial charge < -0.3 is 14.2 Å². The van der Waals surface area contributed by atoms with Gasteiger partial charge in [0.1, 0.15) is 11.5 Å². The van der Waals surface area contributed by atoms with Crippen LogP contribution in [-0.4, -0.2) is 19.8 Å². The first kappa shape index (κ1) is 25.1. The lowest BCUT2D eigenvalue weighted by molar-refractivity contribution is 0.342. The Hall–Kier alpha value is -2.84. The maximum absolute atomic E-state index is 6.39. The summed E-state index contributed by atoms with van der Waals surface area (Å²) in [6.07, 6.45) is 0. The zero-order valence-corrected chi connectivity index (χ0v) is 25.8. The zero-order chi connectivity index (χ0) is 26.8. The predicted molar refractivity (Wildman–Crippen MR) is 174 cm³/mol. The lowest BCUT2D eigenvalue weighted by Crippen LogP contribution is -1.98. The van der Waals surface area contributed by atoms with E-state index in [0.29, 0.717) is 19.8 Å². The minimum absolute atomic E-state index is 0.611. The Balaban J connectivity index is 1.51. The second kappa shape index (κ2) is 9.66. The first-order chi connectivity index (χ1) is 19.0. The summed E-state index contributed by atoms with van der Waals surface area (Å²) in [5.41, 5.74) is 0. The van der Waals surface area contributed by atoms with Crippen LogP contribution in [0.5, 0.6) is 16.6 Å². The van der Waals surface area contributed by atoms with Gasteiger partial charge in [0.2, 0.25) is 0 Å². The van der Waals surface area contributed by atoms with Crippen LogP contribution in [0.3, 0.4) is 0 Å². The minimum Gasteiger partial charge on any atom is -0.493 e. The molecular weight excluding hydrogens is 561 g/mol. The van der Waals surface area contributed by atoms with Crippen molar-refractivity contribution >= 4 is 97.2 Å². The molecule has 0 aliphatic heterocycles. The molecule has 3 nitrogen and oxygen atoms in total. The molecule has 0 N–H and O–H groups in total. The second-order valence-electron chi connectivity index (χ2n) is 9.59. The molecule has 39 heavy (non-hydrogen) atoms. The topological polar surface area (TPSA) is 27.7 Å². The van der Waals surface area contributed by atoms with E-state index in [0.717, 1.165) is 38.1 Å². The Morgan fingerprint density at radius 2 is 1.15 bits per heavy atom. The van der Waals surface area contributed by atoms with E-state index >= 15 is 0 Å². The number of aryl methyl sites for hydroxylation is 2. The van der Waals surface area contributed by atoms with Crippen molar-refractivity contribution in [3.8, 4) is 26.3 Å². The van der Waals surface area contributed by atoms with Crippen LogP contribution in [0, 0.1) is 13.8 Å². The van der Waals surface area contributed by atoms with Gasteiger partial charge in [-0.25, -0.2) is 0 Å². The van der Waals surface area contributed by atoms with Crippen molar-refractivity contribution in [2.24, 2.45) is 0 Å². The quantitative estimate of drug-likeness (QED) is 0.173. The van der Waals surface area contributed by atoms with Crippen LogP contribution in [0.1, 0.15) is 30.5 Å². The molecular formula is C32H28O3S4. The van der Waals surface area contributed by atoms with Crippen LogP contribution in [0.15, 0.2) is 42.5 Å². The number of hydrogen-bond donors (Lipinski definition) is 0. The monoisotopic (exact) mass is 588 g/mol. The van der Waals surface area contributed by atoms with E-state index in [9.17, 15) is 0 Å². The Morgan fingerprint density at radius 3 is 1.79 bits per heavy atom. The standard InChI is InChI=1S/C32H28O3S4/c1-6-33-28-15-24-31(39-28)17(5)37-32(24)27-12-19-11-21-23(14-26(19)38-27)29(34-7-2)20-10-18-9-16(4)36-25(18)13-22(20)30(21)35-8-3/h9-15H,6-8H2,1-5H3. The molecule has 0 aliphatic carbocycles. The average Bonchev–Trinajstić information content (AvgIpc) is 3.67. The highest BCUT2D eigenvalue weighted by molar-refractivity contribution is 7.30. The van der Waals surface area contributed by atoms with Crippen molar-refractivity contribution in [2.45, 2.75) is 34.6 Å². The molecule has 4 heterocycles. The smallest absolute Gasteiger partial charge is 0.174 e. The summed E-state index contributed by atoms with van der Waals surface area (Å²) in [5, 5.41) is 9.25. The Labute approximate surface area is 243 Å². The van der Waals surface area contributed by atoms with Gasteiger partial charge in [-0.1, -0.05) is 11.3 Å². The third kappa shape index (κ3) is 4.01. The van der Waals surface area contributed by atoms with Gasteiger partial charge in [0.25, 0.3) is 0 Å². The average molecular weight is 589 g/mol. The summed E-state index contributed by atoms with van der Waals surface area (Å²) in [6, 6.07) is 16.0. The molecule has 0 spiro atoms. The number of rotatable bonds is 7. The van der Waals surface area contributed by atoms with Gasteiger partial charge in [-0.05, 0) is 81.8 Å². The van der Waals surface area contributed by atoms with Crippen molar-refractivity contribution in [3.63, 3.8) is 0 Å². The SMILES string of the molecule is CCOc1cc2c(-c3cc4cc5c(OCC)c6cc7sc(C)cc7cc6c(OCC)c5cc4s3)sc(C)c2s1. The van der Waals surface area contributed by atoms with Gasteiger partial charge in [-0.2, -0.15) is 0 Å². The van der Waals surface area contributed by atoms with Crippen molar-refractivity contribution < 1.29 is 14.2 Å². The molecule has 198 valence electrons. The lowest BCUT2D eigenvalue weighted by Gasteiger charge is -2.17. The summed E-state index contributed by atoms with van der Waals surface area (Å²) in [4.78, 5) is 5.27. The fourth-order valence-electron chi connectivity index (χ4n) is 5.51. The van der Waals surface area contributed by atoms with Gasteiger partial charge in [0.05, 0.1) is 29.4 Å². The van der Waals surface area contributed by atoms with Crippen molar-refractivity contribution in [2.75, 3.05) is 19.8 Å². The van der Waals surface area contributed by atoms with E-state index in [4.69, 9.17) is 14.2 Å². The highest BCUT2D eigenvalue weighted by Crippen LogP contribution is 2.51. The van der Waals surface area contributed by atoms with E-state index in [1.165, 1.54) is 49.8 Å². The van der Waals surface area contributed by atoms with E-state index in [2.05, 4.69) is 70.2 Å². The largest absolute Gasteiger partial charge is 0.493 e. The van der Waals surface area contributed by atoms with E-state index in [-0.39, 0.29) is 0 Å². The lowest BCUT2D eigenvalue weighted by atomic mass is 9.98. The Kier molecular flexibility index (Phi) is 6.23. The van der Waals surface area contributed by atoms with Crippen molar-refractivity contribution in [3.05, 3.63) is 52.2 Å². The fourth-order valence-corrected chi connectivity index (χ4v) is 9.97. The third-order valence-electron chi connectivity index (χ3n) is 7.03. The first-order valence-electron chi connectivity index (χ1n) is 13.3. The van der Waals surface area contributed by atoms with Crippen LogP contribution >= 0.6 is 45.3 Å². The summed E-state index contributed by atoms with van der Waals surface area (Å²) in [6.45, 7) is 12.4. The molecule has 0 bridgehead atoms. The minimum atomic E-state index is 0.611.